The van der Waals surface area contributed by atoms with Gasteiger partial charge < -0.3 is 10.2 Å². The van der Waals surface area contributed by atoms with E-state index < -0.39 is 0 Å². The van der Waals surface area contributed by atoms with E-state index in [1.165, 1.54) is 30.6 Å². The maximum absolute atomic E-state index is 13.1. The highest BCUT2D eigenvalue weighted by atomic mass is 32.1. The molecule has 2 aromatic heterocycles. The number of anilines is 1. The monoisotopic (exact) mass is 370 g/mol. The van der Waals surface area contributed by atoms with E-state index in [0.717, 1.165) is 31.7 Å². The Hall–Kier alpha value is -1.95. The summed E-state index contributed by atoms with van der Waals surface area (Å²) in [4.78, 5) is 25.1. The molecular formula is C20H26N4OS. The fraction of sp³-hybridized carbons (Fsp3) is 0.550. The third-order valence-corrected chi connectivity index (χ3v) is 6.64. The summed E-state index contributed by atoms with van der Waals surface area (Å²) in [7, 11) is 0. The van der Waals surface area contributed by atoms with Gasteiger partial charge in [0.05, 0.1) is 18.2 Å². The van der Waals surface area contributed by atoms with Crippen molar-refractivity contribution < 1.29 is 4.79 Å². The lowest BCUT2D eigenvalue weighted by Crippen LogP contribution is -2.45. The SMILES string of the molecule is O=C(N[C@@H](c1cccs1)C1CCCC1)[C@@H]1CCCN(c2cnccn2)C1. The number of hydrogen-bond acceptors (Lipinski definition) is 5. The lowest BCUT2D eigenvalue weighted by molar-refractivity contribution is -0.126. The Morgan fingerprint density at radius 3 is 2.85 bits per heavy atom. The van der Waals surface area contributed by atoms with Crippen LogP contribution in [-0.2, 0) is 4.79 Å². The van der Waals surface area contributed by atoms with Gasteiger partial charge in [-0.25, -0.2) is 4.98 Å². The number of amides is 1. The van der Waals surface area contributed by atoms with E-state index in [1.807, 2.05) is 0 Å². The van der Waals surface area contributed by atoms with Crippen molar-refractivity contribution in [1.29, 1.82) is 0 Å². The molecule has 2 fully saturated rings. The van der Waals surface area contributed by atoms with Gasteiger partial charge in [-0.2, -0.15) is 0 Å². The average Bonchev–Trinajstić information content (AvgIpc) is 3.41. The summed E-state index contributed by atoms with van der Waals surface area (Å²) >= 11 is 1.76. The zero-order chi connectivity index (χ0) is 17.8. The number of thiophene rings is 1. The number of aromatic nitrogens is 2. The van der Waals surface area contributed by atoms with Crippen LogP contribution in [0.4, 0.5) is 5.82 Å². The van der Waals surface area contributed by atoms with E-state index >= 15 is 0 Å². The first-order chi connectivity index (χ1) is 12.8. The second-order valence-electron chi connectivity index (χ2n) is 7.39. The average molecular weight is 371 g/mol. The normalized spacial score (nSPS) is 22.3. The van der Waals surface area contributed by atoms with Crippen LogP contribution in [0.3, 0.4) is 0 Å². The highest BCUT2D eigenvalue weighted by Gasteiger charge is 2.32. The Morgan fingerprint density at radius 2 is 2.12 bits per heavy atom. The molecule has 1 amide bonds. The number of rotatable bonds is 5. The molecular weight excluding hydrogens is 344 g/mol. The summed E-state index contributed by atoms with van der Waals surface area (Å²) in [5, 5.41) is 5.52. The minimum absolute atomic E-state index is 0.0228. The van der Waals surface area contributed by atoms with Crippen molar-refractivity contribution in [3.63, 3.8) is 0 Å². The van der Waals surface area contributed by atoms with Gasteiger partial charge in [-0.3, -0.25) is 9.78 Å². The number of hydrogen-bond donors (Lipinski definition) is 1. The van der Waals surface area contributed by atoms with Crippen molar-refractivity contribution in [3.05, 3.63) is 41.0 Å². The van der Waals surface area contributed by atoms with Gasteiger partial charge in [-0.05, 0) is 43.0 Å². The molecule has 4 rings (SSSR count). The van der Waals surface area contributed by atoms with Crippen LogP contribution in [0.1, 0.15) is 49.4 Å². The molecule has 2 aliphatic rings. The predicted molar refractivity (Wildman–Crippen MR) is 104 cm³/mol. The first-order valence-electron chi connectivity index (χ1n) is 9.66. The molecule has 3 heterocycles. The summed E-state index contributed by atoms with van der Waals surface area (Å²) in [5.41, 5.74) is 0. The van der Waals surface area contributed by atoms with Crippen molar-refractivity contribution in [2.45, 2.75) is 44.6 Å². The summed E-state index contributed by atoms with van der Waals surface area (Å²) in [6.07, 6.45) is 12.2. The van der Waals surface area contributed by atoms with Crippen LogP contribution in [0, 0.1) is 11.8 Å². The van der Waals surface area contributed by atoms with Crippen molar-refractivity contribution in [3.8, 4) is 0 Å². The molecule has 6 heteroatoms. The van der Waals surface area contributed by atoms with E-state index in [9.17, 15) is 4.79 Å². The molecule has 5 nitrogen and oxygen atoms in total. The van der Waals surface area contributed by atoms with E-state index in [2.05, 4.69) is 37.7 Å². The highest BCUT2D eigenvalue weighted by Crippen LogP contribution is 2.37. The molecule has 0 unspecified atom stereocenters. The standard InChI is InChI=1S/C20H26N4OS/c25-20(16-7-3-11-24(14-16)18-13-21-9-10-22-18)23-19(15-5-1-2-6-15)17-8-4-12-26-17/h4,8-10,12-13,15-16,19H,1-3,5-7,11,14H2,(H,23,25)/t16-,19-/m1/s1. The van der Waals surface area contributed by atoms with Gasteiger partial charge in [-0.15, -0.1) is 11.3 Å². The molecule has 0 aromatic carbocycles. The molecule has 26 heavy (non-hydrogen) atoms. The van der Waals surface area contributed by atoms with Gasteiger partial charge >= 0.3 is 0 Å². The minimum atomic E-state index is 0.0228. The van der Waals surface area contributed by atoms with Gasteiger partial charge in [0, 0.05) is 30.4 Å². The largest absolute Gasteiger partial charge is 0.355 e. The van der Waals surface area contributed by atoms with Gasteiger partial charge in [0.2, 0.25) is 5.91 Å². The Bertz CT molecular complexity index is 700. The Labute approximate surface area is 158 Å². The van der Waals surface area contributed by atoms with E-state index in [1.54, 1.807) is 29.9 Å². The minimum Gasteiger partial charge on any atom is -0.355 e. The zero-order valence-corrected chi connectivity index (χ0v) is 15.8. The van der Waals surface area contributed by atoms with Gasteiger partial charge in [0.25, 0.3) is 0 Å². The molecule has 1 saturated carbocycles. The second kappa shape index (κ2) is 8.16. The topological polar surface area (TPSA) is 58.1 Å². The van der Waals surface area contributed by atoms with E-state index in [4.69, 9.17) is 0 Å². The first kappa shape index (κ1) is 17.5. The summed E-state index contributed by atoms with van der Waals surface area (Å²) < 4.78 is 0. The maximum Gasteiger partial charge on any atom is 0.225 e. The fourth-order valence-electron chi connectivity index (χ4n) is 4.31. The number of piperidine rings is 1. The van der Waals surface area contributed by atoms with Crippen LogP contribution in [0.15, 0.2) is 36.1 Å². The molecule has 1 aliphatic carbocycles. The molecule has 138 valence electrons. The molecule has 2 atom stereocenters. The fourth-order valence-corrected chi connectivity index (χ4v) is 5.17. The number of carbonyl (C=O) groups excluding carboxylic acids is 1. The van der Waals surface area contributed by atoms with E-state index in [0.29, 0.717) is 5.92 Å². The Morgan fingerprint density at radius 1 is 1.23 bits per heavy atom. The Balaban J connectivity index is 1.44. The van der Waals surface area contributed by atoms with Crippen molar-refractivity contribution in [2.75, 3.05) is 18.0 Å². The first-order valence-corrected chi connectivity index (χ1v) is 10.5. The Kier molecular flexibility index (Phi) is 5.48. The second-order valence-corrected chi connectivity index (χ2v) is 8.37. The van der Waals surface area contributed by atoms with Crippen molar-refractivity contribution >= 4 is 23.1 Å². The molecule has 0 spiro atoms. The maximum atomic E-state index is 13.1. The highest BCUT2D eigenvalue weighted by molar-refractivity contribution is 7.10. The van der Waals surface area contributed by atoms with Crippen LogP contribution < -0.4 is 10.2 Å². The van der Waals surface area contributed by atoms with Crippen LogP contribution in [0.25, 0.3) is 0 Å². The summed E-state index contributed by atoms with van der Waals surface area (Å²) in [5.74, 6) is 1.67. The summed E-state index contributed by atoms with van der Waals surface area (Å²) in [6, 6.07) is 4.43. The van der Waals surface area contributed by atoms with Crippen LogP contribution >= 0.6 is 11.3 Å². The number of carbonyl (C=O) groups is 1. The third-order valence-electron chi connectivity index (χ3n) is 5.68. The molecule has 0 radical (unpaired) electrons. The smallest absolute Gasteiger partial charge is 0.225 e. The van der Waals surface area contributed by atoms with Crippen molar-refractivity contribution in [1.82, 2.24) is 15.3 Å². The van der Waals surface area contributed by atoms with E-state index in [-0.39, 0.29) is 17.9 Å². The quantitative estimate of drug-likeness (QED) is 0.870. The molecule has 1 N–H and O–H groups in total. The molecule has 1 aliphatic heterocycles. The lowest BCUT2D eigenvalue weighted by atomic mass is 9.93. The van der Waals surface area contributed by atoms with Crippen LogP contribution in [-0.4, -0.2) is 29.0 Å². The van der Waals surface area contributed by atoms with Gasteiger partial charge in [0.1, 0.15) is 5.82 Å². The summed E-state index contributed by atoms with van der Waals surface area (Å²) in [6.45, 7) is 1.67. The third kappa shape index (κ3) is 3.90. The predicted octanol–water partition coefficient (Wildman–Crippen LogP) is 3.80. The van der Waals surface area contributed by atoms with Crippen LogP contribution in [0.2, 0.25) is 0 Å². The van der Waals surface area contributed by atoms with Gasteiger partial charge in [0.15, 0.2) is 0 Å². The number of nitrogens with zero attached hydrogens (tertiary/aromatic N) is 3. The molecule has 2 aromatic rings. The van der Waals surface area contributed by atoms with Crippen LogP contribution in [0.5, 0.6) is 0 Å². The van der Waals surface area contributed by atoms with Gasteiger partial charge in [-0.1, -0.05) is 18.9 Å². The zero-order valence-electron chi connectivity index (χ0n) is 15.0. The van der Waals surface area contributed by atoms with Crippen molar-refractivity contribution in [2.24, 2.45) is 11.8 Å². The molecule has 1 saturated heterocycles. The molecule has 0 bridgehead atoms. The number of nitrogens with one attached hydrogen (secondary N) is 1. The lowest BCUT2D eigenvalue weighted by Gasteiger charge is -2.34.